The van der Waals surface area contributed by atoms with Gasteiger partial charge in [0.15, 0.2) is 0 Å². The predicted octanol–water partition coefficient (Wildman–Crippen LogP) is 2.30. The highest BCUT2D eigenvalue weighted by molar-refractivity contribution is 6.04. The van der Waals surface area contributed by atoms with E-state index in [2.05, 4.69) is 10.6 Å². The first-order chi connectivity index (χ1) is 9.99. The molecule has 21 heavy (non-hydrogen) atoms. The average molecular weight is 286 g/mol. The van der Waals surface area contributed by atoms with E-state index in [1.165, 1.54) is 6.92 Å². The Morgan fingerprint density at radius 3 is 2.48 bits per heavy atom. The highest BCUT2D eigenvalue weighted by Gasteiger charge is 2.12. The molecule has 0 fully saturated rings. The number of aromatic nitrogens is 1. The number of nitrogen functional groups attached to an aromatic ring is 1. The Balaban J connectivity index is 2.17. The lowest BCUT2D eigenvalue weighted by Crippen LogP contribution is -2.16. The van der Waals surface area contributed by atoms with Crippen LogP contribution >= 0.6 is 0 Å². The third-order valence-electron chi connectivity index (χ3n) is 2.93. The molecule has 1 aromatic heterocycles. The summed E-state index contributed by atoms with van der Waals surface area (Å²) in [5.41, 5.74) is 8.00. The first-order valence-corrected chi connectivity index (χ1v) is 6.64. The molecule has 2 rings (SSSR count). The quantitative estimate of drug-likeness (QED) is 0.805. The third-order valence-corrected chi connectivity index (χ3v) is 2.93. The molecule has 0 atom stereocenters. The summed E-state index contributed by atoms with van der Waals surface area (Å²) < 4.78 is 1.78. The number of nitrogens with two attached hydrogens (primary N) is 1. The molecule has 6 heteroatoms. The molecule has 110 valence electrons. The van der Waals surface area contributed by atoms with E-state index in [9.17, 15) is 9.59 Å². The molecule has 0 aliphatic rings. The highest BCUT2D eigenvalue weighted by atomic mass is 16.2. The molecule has 1 heterocycles. The number of nitrogens with one attached hydrogen (secondary N) is 2. The number of nitrogens with zero attached hydrogens (tertiary/aromatic N) is 1. The van der Waals surface area contributed by atoms with E-state index in [1.807, 2.05) is 6.92 Å². The van der Waals surface area contributed by atoms with Crippen molar-refractivity contribution < 1.29 is 9.59 Å². The Labute approximate surface area is 122 Å². The lowest BCUT2D eigenvalue weighted by atomic mass is 10.2. The molecular formula is C15H18N4O2. The summed E-state index contributed by atoms with van der Waals surface area (Å²) in [5.74, 6) is -0.403. The Bertz CT molecular complexity index is 676. The van der Waals surface area contributed by atoms with Crippen molar-refractivity contribution in [3.63, 3.8) is 0 Å². The van der Waals surface area contributed by atoms with Gasteiger partial charge < -0.3 is 20.9 Å². The third kappa shape index (κ3) is 3.62. The topological polar surface area (TPSA) is 89.2 Å². The van der Waals surface area contributed by atoms with Crippen LogP contribution in [0.2, 0.25) is 0 Å². The van der Waals surface area contributed by atoms with Crippen molar-refractivity contribution in [3.8, 4) is 0 Å². The molecule has 0 saturated heterocycles. The monoisotopic (exact) mass is 286 g/mol. The number of benzene rings is 1. The second-order valence-corrected chi connectivity index (χ2v) is 4.66. The van der Waals surface area contributed by atoms with Crippen LogP contribution in [-0.2, 0) is 11.3 Å². The van der Waals surface area contributed by atoms with Gasteiger partial charge in [-0.2, -0.15) is 0 Å². The summed E-state index contributed by atoms with van der Waals surface area (Å²) in [6.45, 7) is 4.03. The average Bonchev–Trinajstić information content (AvgIpc) is 2.79. The van der Waals surface area contributed by atoms with Crippen LogP contribution < -0.4 is 16.4 Å². The molecule has 6 nitrogen and oxygen atoms in total. The van der Waals surface area contributed by atoms with E-state index in [4.69, 9.17) is 5.73 Å². The molecule has 0 radical (unpaired) electrons. The van der Waals surface area contributed by atoms with Crippen LogP contribution in [0.25, 0.3) is 0 Å². The number of hydrogen-bond donors (Lipinski definition) is 3. The first kappa shape index (κ1) is 14.6. The largest absolute Gasteiger partial charge is 0.397 e. The summed E-state index contributed by atoms with van der Waals surface area (Å²) in [5, 5.41) is 5.46. The summed E-state index contributed by atoms with van der Waals surface area (Å²) in [7, 11) is 0. The second-order valence-electron chi connectivity index (χ2n) is 4.66. The van der Waals surface area contributed by atoms with Gasteiger partial charge in [0.25, 0.3) is 5.91 Å². The van der Waals surface area contributed by atoms with Gasteiger partial charge in [0.05, 0.1) is 5.69 Å². The van der Waals surface area contributed by atoms with Gasteiger partial charge >= 0.3 is 0 Å². The van der Waals surface area contributed by atoms with Crippen molar-refractivity contribution in [2.24, 2.45) is 0 Å². The Kier molecular flexibility index (Phi) is 4.27. The maximum atomic E-state index is 12.3. The van der Waals surface area contributed by atoms with E-state index in [-0.39, 0.29) is 11.8 Å². The van der Waals surface area contributed by atoms with E-state index in [0.717, 1.165) is 0 Å². The van der Waals surface area contributed by atoms with Gasteiger partial charge in [-0.1, -0.05) is 6.07 Å². The molecule has 0 saturated carbocycles. The van der Waals surface area contributed by atoms with Gasteiger partial charge in [0, 0.05) is 31.0 Å². The van der Waals surface area contributed by atoms with Crippen LogP contribution in [0, 0.1) is 0 Å². The highest BCUT2D eigenvalue weighted by Crippen LogP contribution is 2.17. The SMILES string of the molecule is CCn1cc(N)cc1C(=O)Nc1cccc(NC(C)=O)c1. The number of carbonyl (C=O) groups excluding carboxylic acids is 2. The van der Waals surface area contributed by atoms with Crippen LogP contribution in [0.1, 0.15) is 24.3 Å². The van der Waals surface area contributed by atoms with Crippen LogP contribution in [0.5, 0.6) is 0 Å². The molecule has 0 bridgehead atoms. The van der Waals surface area contributed by atoms with Crippen LogP contribution in [0.4, 0.5) is 17.1 Å². The number of aryl methyl sites for hydroxylation is 1. The van der Waals surface area contributed by atoms with Gasteiger partial charge in [-0.15, -0.1) is 0 Å². The Hall–Kier alpha value is -2.76. The molecule has 0 spiro atoms. The van der Waals surface area contributed by atoms with Crippen LogP contribution in [-0.4, -0.2) is 16.4 Å². The number of carbonyl (C=O) groups is 2. The maximum absolute atomic E-state index is 12.3. The zero-order valence-electron chi connectivity index (χ0n) is 12.0. The molecule has 0 unspecified atom stereocenters. The molecule has 0 aliphatic heterocycles. The summed E-state index contributed by atoms with van der Waals surface area (Å²) in [6, 6.07) is 8.60. The number of rotatable bonds is 4. The van der Waals surface area contributed by atoms with Crippen molar-refractivity contribution in [1.82, 2.24) is 4.57 Å². The van der Waals surface area contributed by atoms with Gasteiger partial charge in [0.2, 0.25) is 5.91 Å². The predicted molar refractivity (Wildman–Crippen MR) is 83.2 cm³/mol. The minimum absolute atomic E-state index is 0.161. The molecule has 4 N–H and O–H groups in total. The second kappa shape index (κ2) is 6.13. The van der Waals surface area contributed by atoms with E-state index >= 15 is 0 Å². The fourth-order valence-corrected chi connectivity index (χ4v) is 2.06. The van der Waals surface area contributed by atoms with E-state index in [0.29, 0.717) is 29.3 Å². The van der Waals surface area contributed by atoms with Gasteiger partial charge in [-0.3, -0.25) is 9.59 Å². The Morgan fingerprint density at radius 2 is 1.86 bits per heavy atom. The molecule has 2 amide bonds. The minimum atomic E-state index is -0.242. The maximum Gasteiger partial charge on any atom is 0.272 e. The van der Waals surface area contributed by atoms with Crippen LogP contribution in [0.3, 0.4) is 0 Å². The van der Waals surface area contributed by atoms with Gasteiger partial charge in [-0.25, -0.2) is 0 Å². The lowest BCUT2D eigenvalue weighted by Gasteiger charge is -2.09. The van der Waals surface area contributed by atoms with E-state index < -0.39 is 0 Å². The van der Waals surface area contributed by atoms with Crippen molar-refractivity contribution in [3.05, 3.63) is 42.2 Å². The normalized spacial score (nSPS) is 10.2. The zero-order chi connectivity index (χ0) is 15.4. The van der Waals surface area contributed by atoms with Crippen LogP contribution in [0.15, 0.2) is 36.5 Å². The summed E-state index contributed by atoms with van der Waals surface area (Å²) in [6.07, 6.45) is 1.72. The van der Waals surface area contributed by atoms with Crippen molar-refractivity contribution in [2.45, 2.75) is 20.4 Å². The lowest BCUT2D eigenvalue weighted by molar-refractivity contribution is -0.114. The summed E-state index contributed by atoms with van der Waals surface area (Å²) in [4.78, 5) is 23.3. The first-order valence-electron chi connectivity index (χ1n) is 6.64. The molecular weight excluding hydrogens is 268 g/mol. The fraction of sp³-hybridized carbons (Fsp3) is 0.200. The Morgan fingerprint density at radius 1 is 1.19 bits per heavy atom. The van der Waals surface area contributed by atoms with Crippen molar-refractivity contribution in [2.75, 3.05) is 16.4 Å². The van der Waals surface area contributed by atoms with Crippen molar-refractivity contribution in [1.29, 1.82) is 0 Å². The molecule has 1 aromatic carbocycles. The number of hydrogen-bond acceptors (Lipinski definition) is 3. The van der Waals surface area contributed by atoms with Gasteiger partial charge in [0.1, 0.15) is 5.69 Å². The summed E-state index contributed by atoms with van der Waals surface area (Å²) >= 11 is 0. The standard InChI is InChI=1S/C15H18N4O2/c1-3-19-9-11(16)7-14(19)15(21)18-13-6-4-5-12(8-13)17-10(2)20/h4-9H,3,16H2,1-2H3,(H,17,20)(H,18,21). The zero-order valence-corrected chi connectivity index (χ0v) is 12.0. The minimum Gasteiger partial charge on any atom is -0.397 e. The molecule has 0 aliphatic carbocycles. The molecule has 2 aromatic rings. The number of anilines is 3. The fourth-order valence-electron chi connectivity index (χ4n) is 2.06. The van der Waals surface area contributed by atoms with Crippen molar-refractivity contribution >= 4 is 28.9 Å². The smallest absolute Gasteiger partial charge is 0.272 e. The van der Waals surface area contributed by atoms with E-state index in [1.54, 1.807) is 41.1 Å². The number of amides is 2. The van der Waals surface area contributed by atoms with Gasteiger partial charge in [-0.05, 0) is 31.2 Å².